The molecule has 0 spiro atoms. The van der Waals surface area contributed by atoms with Crippen LogP contribution < -0.4 is 0 Å². The minimum atomic E-state index is -0.737. The molecule has 1 saturated heterocycles. The average Bonchev–Trinajstić information content (AvgIpc) is 2.26. The van der Waals surface area contributed by atoms with Gasteiger partial charge in [0.05, 0.1) is 13.2 Å². The van der Waals surface area contributed by atoms with Gasteiger partial charge >= 0.3 is 0 Å². The number of halogens is 2. The van der Waals surface area contributed by atoms with Crippen LogP contribution in [0.2, 0.25) is 0 Å². The first-order valence-electron chi connectivity index (χ1n) is 4.82. The Morgan fingerprint density at radius 1 is 1.33 bits per heavy atom. The van der Waals surface area contributed by atoms with E-state index in [1.54, 1.807) is 6.20 Å². The van der Waals surface area contributed by atoms with E-state index < -0.39 is 11.7 Å². The number of allylic oxidation sites excluding steroid dienone is 4. The molecule has 0 aromatic rings. The van der Waals surface area contributed by atoms with Gasteiger partial charge in [0, 0.05) is 24.9 Å². The summed E-state index contributed by atoms with van der Waals surface area (Å²) >= 11 is 0. The Hall–Kier alpha value is -1.16. The summed E-state index contributed by atoms with van der Waals surface area (Å²) < 4.78 is 30.9. The van der Waals surface area contributed by atoms with Gasteiger partial charge in [-0.3, -0.25) is 0 Å². The molecule has 0 unspecified atom stereocenters. The maximum Gasteiger partial charge on any atom is 0.130 e. The Morgan fingerprint density at radius 3 is 2.47 bits per heavy atom. The third-order valence-corrected chi connectivity index (χ3v) is 2.24. The number of morpholine rings is 1. The number of nitrogens with zero attached hydrogens (tertiary/aromatic N) is 1. The predicted molar refractivity (Wildman–Crippen MR) is 55.6 cm³/mol. The van der Waals surface area contributed by atoms with Crippen LogP contribution in [-0.4, -0.2) is 31.2 Å². The fourth-order valence-corrected chi connectivity index (χ4v) is 1.15. The summed E-state index contributed by atoms with van der Waals surface area (Å²) in [6.45, 7) is 7.16. The zero-order chi connectivity index (χ0) is 11.3. The summed E-state index contributed by atoms with van der Waals surface area (Å²) in [5.74, 6) is -1.33. The van der Waals surface area contributed by atoms with Crippen molar-refractivity contribution in [2.24, 2.45) is 0 Å². The standard InChI is InChI=1S/C11H15F2NO/c1-9(10(2)12)11(13)3-4-14-5-7-15-8-6-14/h3-4H,2,5-8H2,1H3/b4-3+,11-9+. The fourth-order valence-electron chi connectivity index (χ4n) is 1.15. The van der Waals surface area contributed by atoms with Crippen LogP contribution in [-0.2, 0) is 4.74 Å². The van der Waals surface area contributed by atoms with Crippen LogP contribution in [0.3, 0.4) is 0 Å². The van der Waals surface area contributed by atoms with Crippen LogP contribution >= 0.6 is 0 Å². The molecule has 0 atom stereocenters. The molecule has 1 aliphatic heterocycles. The number of hydrogen-bond acceptors (Lipinski definition) is 2. The topological polar surface area (TPSA) is 12.5 Å². The van der Waals surface area contributed by atoms with Crippen molar-refractivity contribution >= 4 is 0 Å². The smallest absolute Gasteiger partial charge is 0.130 e. The van der Waals surface area contributed by atoms with Crippen molar-refractivity contribution in [3.63, 3.8) is 0 Å². The summed E-state index contributed by atoms with van der Waals surface area (Å²) in [4.78, 5) is 1.93. The SMILES string of the molecule is C=C(F)/C(C)=C(F)\C=C\N1CCOCC1. The molecule has 1 aliphatic rings. The Labute approximate surface area is 88.5 Å². The lowest BCUT2D eigenvalue weighted by Gasteiger charge is -2.24. The molecule has 1 rings (SSSR count). The zero-order valence-corrected chi connectivity index (χ0v) is 8.80. The zero-order valence-electron chi connectivity index (χ0n) is 8.80. The van der Waals surface area contributed by atoms with E-state index in [2.05, 4.69) is 6.58 Å². The molecule has 15 heavy (non-hydrogen) atoms. The average molecular weight is 215 g/mol. The summed E-state index contributed by atoms with van der Waals surface area (Å²) in [5.41, 5.74) is -0.0560. The third-order valence-electron chi connectivity index (χ3n) is 2.24. The van der Waals surface area contributed by atoms with E-state index in [0.717, 1.165) is 13.1 Å². The molecule has 2 nitrogen and oxygen atoms in total. The highest BCUT2D eigenvalue weighted by Crippen LogP contribution is 2.16. The molecule has 0 bridgehead atoms. The highest BCUT2D eigenvalue weighted by Gasteiger charge is 2.06. The minimum Gasteiger partial charge on any atom is -0.378 e. The lowest BCUT2D eigenvalue weighted by molar-refractivity contribution is 0.0593. The third kappa shape index (κ3) is 3.83. The predicted octanol–water partition coefficient (Wildman–Crippen LogP) is 2.56. The first-order chi connectivity index (χ1) is 7.11. The van der Waals surface area contributed by atoms with Crippen LogP contribution in [0.5, 0.6) is 0 Å². The molecule has 0 radical (unpaired) electrons. The molecule has 84 valence electrons. The Balaban J connectivity index is 2.56. The van der Waals surface area contributed by atoms with Gasteiger partial charge in [0.1, 0.15) is 11.7 Å². The molecule has 0 aromatic heterocycles. The Kier molecular flexibility index (Phi) is 4.49. The van der Waals surface area contributed by atoms with Crippen LogP contribution in [0, 0.1) is 0 Å². The van der Waals surface area contributed by atoms with Crippen molar-refractivity contribution in [3.05, 3.63) is 36.1 Å². The monoisotopic (exact) mass is 215 g/mol. The quantitative estimate of drug-likeness (QED) is 0.671. The van der Waals surface area contributed by atoms with E-state index in [9.17, 15) is 8.78 Å². The first kappa shape index (κ1) is 11.9. The highest BCUT2D eigenvalue weighted by molar-refractivity contribution is 5.29. The van der Waals surface area contributed by atoms with Crippen molar-refractivity contribution < 1.29 is 13.5 Å². The van der Waals surface area contributed by atoms with Gasteiger partial charge in [-0.05, 0) is 13.0 Å². The lowest BCUT2D eigenvalue weighted by Crippen LogP contribution is -2.31. The van der Waals surface area contributed by atoms with Crippen molar-refractivity contribution in [3.8, 4) is 0 Å². The van der Waals surface area contributed by atoms with E-state index in [-0.39, 0.29) is 5.57 Å². The lowest BCUT2D eigenvalue weighted by atomic mass is 10.2. The van der Waals surface area contributed by atoms with Gasteiger partial charge in [-0.25, -0.2) is 8.78 Å². The summed E-state index contributed by atoms with van der Waals surface area (Å²) in [5, 5.41) is 0. The largest absolute Gasteiger partial charge is 0.378 e. The van der Waals surface area contributed by atoms with E-state index in [1.807, 2.05) is 4.90 Å². The Morgan fingerprint density at radius 2 is 1.93 bits per heavy atom. The normalized spacial score (nSPS) is 19.3. The molecule has 0 N–H and O–H groups in total. The fraction of sp³-hybridized carbons (Fsp3) is 0.455. The molecule has 1 heterocycles. The molecule has 0 amide bonds. The molecule has 4 heteroatoms. The second kappa shape index (κ2) is 5.66. The van der Waals surface area contributed by atoms with Gasteiger partial charge in [0.2, 0.25) is 0 Å². The molecule has 0 saturated carbocycles. The number of ether oxygens (including phenoxy) is 1. The van der Waals surface area contributed by atoms with Gasteiger partial charge in [0.25, 0.3) is 0 Å². The Bertz CT molecular complexity index is 291. The van der Waals surface area contributed by atoms with Gasteiger partial charge in [-0.1, -0.05) is 6.58 Å². The van der Waals surface area contributed by atoms with E-state index in [1.165, 1.54) is 13.0 Å². The molecule has 0 aromatic carbocycles. The second-order valence-electron chi connectivity index (χ2n) is 3.34. The van der Waals surface area contributed by atoms with Crippen LogP contribution in [0.25, 0.3) is 0 Å². The van der Waals surface area contributed by atoms with E-state index in [0.29, 0.717) is 13.2 Å². The van der Waals surface area contributed by atoms with Crippen LogP contribution in [0.15, 0.2) is 36.1 Å². The molecular weight excluding hydrogens is 200 g/mol. The molecule has 0 aliphatic carbocycles. The summed E-state index contributed by atoms with van der Waals surface area (Å²) in [6.07, 6.45) is 2.87. The van der Waals surface area contributed by atoms with Crippen molar-refractivity contribution in [1.82, 2.24) is 4.90 Å². The van der Waals surface area contributed by atoms with Gasteiger partial charge in [0.15, 0.2) is 0 Å². The first-order valence-corrected chi connectivity index (χ1v) is 4.82. The second-order valence-corrected chi connectivity index (χ2v) is 3.34. The van der Waals surface area contributed by atoms with Gasteiger partial charge in [-0.15, -0.1) is 0 Å². The minimum absolute atomic E-state index is 0.0560. The van der Waals surface area contributed by atoms with Gasteiger partial charge < -0.3 is 9.64 Å². The van der Waals surface area contributed by atoms with Crippen molar-refractivity contribution in [1.29, 1.82) is 0 Å². The maximum absolute atomic E-state index is 13.2. The van der Waals surface area contributed by atoms with Crippen molar-refractivity contribution in [2.45, 2.75) is 6.92 Å². The summed E-state index contributed by atoms with van der Waals surface area (Å²) in [7, 11) is 0. The maximum atomic E-state index is 13.2. The van der Waals surface area contributed by atoms with Crippen LogP contribution in [0.1, 0.15) is 6.92 Å². The van der Waals surface area contributed by atoms with Gasteiger partial charge in [-0.2, -0.15) is 0 Å². The summed E-state index contributed by atoms with van der Waals surface area (Å²) in [6, 6.07) is 0. The molecule has 1 fully saturated rings. The van der Waals surface area contributed by atoms with Crippen LogP contribution in [0.4, 0.5) is 8.78 Å². The number of hydrogen-bond donors (Lipinski definition) is 0. The number of rotatable bonds is 3. The highest BCUT2D eigenvalue weighted by atomic mass is 19.1. The van der Waals surface area contributed by atoms with Crippen molar-refractivity contribution in [2.75, 3.05) is 26.3 Å². The van der Waals surface area contributed by atoms with E-state index in [4.69, 9.17) is 4.74 Å². The molecular formula is C11H15F2NO. The van der Waals surface area contributed by atoms with E-state index >= 15 is 0 Å².